The van der Waals surface area contributed by atoms with E-state index in [0.717, 1.165) is 6.42 Å². The molecular weight excluding hydrogens is 296 g/mol. The molecule has 5 nitrogen and oxygen atoms in total. The summed E-state index contributed by atoms with van der Waals surface area (Å²) in [4.78, 5) is 12.3. The third-order valence-corrected chi connectivity index (χ3v) is 5.68. The van der Waals surface area contributed by atoms with E-state index < -0.39 is 0 Å². The molecule has 0 heterocycles. The topological polar surface area (TPSA) is 76.0 Å². The number of carbonyl (C=O) groups excluding carboxylic acids is 1. The molecule has 23 heavy (non-hydrogen) atoms. The normalized spacial score (nSPS) is 28.3. The molecule has 3 fully saturated rings. The van der Waals surface area contributed by atoms with Crippen molar-refractivity contribution in [2.75, 3.05) is 20.3 Å². The number of fused-ring (bicyclic) bond motifs is 2. The summed E-state index contributed by atoms with van der Waals surface area (Å²) in [6.45, 7) is 4.98. The number of hydrogen-bond donors (Lipinski definition) is 2. The molecule has 3 aliphatic carbocycles. The second kappa shape index (κ2) is 5.71. The van der Waals surface area contributed by atoms with E-state index in [1.807, 2.05) is 0 Å². The van der Waals surface area contributed by atoms with E-state index in [2.05, 4.69) is 13.8 Å². The van der Waals surface area contributed by atoms with Gasteiger partial charge in [0.15, 0.2) is 0 Å². The number of phenols is 2. The summed E-state index contributed by atoms with van der Waals surface area (Å²) in [6.07, 6.45) is 1.24. The molecule has 2 N–H and O–H groups in total. The van der Waals surface area contributed by atoms with Crippen molar-refractivity contribution < 1.29 is 24.5 Å². The monoisotopic (exact) mass is 320 g/mol. The minimum Gasteiger partial charge on any atom is -0.507 e. The summed E-state index contributed by atoms with van der Waals surface area (Å²) in [5.41, 5.74) is 0.417. The molecule has 3 aliphatic rings. The molecule has 3 saturated carbocycles. The fourth-order valence-corrected chi connectivity index (χ4v) is 4.30. The lowest BCUT2D eigenvalue weighted by molar-refractivity contribution is -0.151. The van der Waals surface area contributed by atoms with E-state index in [1.165, 1.54) is 12.1 Å². The average Bonchev–Trinajstić information content (AvgIpc) is 2.45. The van der Waals surface area contributed by atoms with Crippen LogP contribution in [0.4, 0.5) is 0 Å². The van der Waals surface area contributed by atoms with E-state index in [1.54, 1.807) is 7.11 Å². The molecule has 0 amide bonds. The van der Waals surface area contributed by atoms with Gasteiger partial charge in [-0.1, -0.05) is 13.8 Å². The Balaban J connectivity index is 1.87. The van der Waals surface area contributed by atoms with Crippen molar-refractivity contribution >= 4 is 5.78 Å². The van der Waals surface area contributed by atoms with Crippen molar-refractivity contribution in [3.05, 3.63) is 17.7 Å². The fourth-order valence-electron chi connectivity index (χ4n) is 4.30. The van der Waals surface area contributed by atoms with Crippen LogP contribution in [0.3, 0.4) is 0 Å². The highest BCUT2D eigenvalue weighted by molar-refractivity contribution is 5.86. The van der Waals surface area contributed by atoms with Gasteiger partial charge in [0.1, 0.15) is 29.6 Å². The van der Waals surface area contributed by atoms with Gasteiger partial charge in [-0.2, -0.15) is 0 Å². The Hall–Kier alpha value is -1.75. The van der Waals surface area contributed by atoms with E-state index in [0.29, 0.717) is 36.9 Å². The van der Waals surface area contributed by atoms with E-state index >= 15 is 0 Å². The fraction of sp³-hybridized carbons (Fsp3) is 0.611. The molecule has 2 bridgehead atoms. The number of hydrogen-bond acceptors (Lipinski definition) is 5. The van der Waals surface area contributed by atoms with Crippen LogP contribution >= 0.6 is 0 Å². The van der Waals surface area contributed by atoms with E-state index in [4.69, 9.17) is 9.47 Å². The number of Topliss-reactive ketones (excluding diaryl/α,β-unsaturated/α-hetero) is 1. The molecule has 0 aromatic heterocycles. The van der Waals surface area contributed by atoms with Crippen LogP contribution in [0.1, 0.15) is 38.2 Å². The predicted molar refractivity (Wildman–Crippen MR) is 84.9 cm³/mol. The molecule has 0 radical (unpaired) electrons. The zero-order valence-electron chi connectivity index (χ0n) is 13.8. The van der Waals surface area contributed by atoms with Crippen LogP contribution in [0.15, 0.2) is 12.1 Å². The first kappa shape index (κ1) is 16.1. The van der Waals surface area contributed by atoms with Crippen LogP contribution in [-0.4, -0.2) is 36.3 Å². The number of ketones is 1. The maximum atomic E-state index is 12.3. The quantitative estimate of drug-likeness (QED) is 0.816. The molecular formula is C18H24O5. The highest BCUT2D eigenvalue weighted by Gasteiger charge is 2.59. The van der Waals surface area contributed by atoms with Crippen molar-refractivity contribution in [2.24, 2.45) is 17.3 Å². The zero-order valence-corrected chi connectivity index (χ0v) is 13.8. The summed E-state index contributed by atoms with van der Waals surface area (Å²) in [5.74, 6) is 0.936. The Kier molecular flexibility index (Phi) is 4.00. The number of benzene rings is 1. The van der Waals surface area contributed by atoms with Crippen LogP contribution < -0.4 is 4.74 Å². The first-order chi connectivity index (χ1) is 10.9. The summed E-state index contributed by atoms with van der Waals surface area (Å²) in [7, 11) is 1.58. The highest BCUT2D eigenvalue weighted by Crippen LogP contribution is 2.64. The standard InChI is InChI=1S/C18H24O5/c1-18(2)12-9-13(18)14(19)8-11(12)17-15(20)6-10(7-16(17)21)23-5-4-22-3/h6-7,11-13,20-21H,4-5,8-9H2,1-3H3/t11-,12?,13-/m1/s1. The van der Waals surface area contributed by atoms with Gasteiger partial charge in [-0.15, -0.1) is 0 Å². The van der Waals surface area contributed by atoms with Crippen LogP contribution in [0.2, 0.25) is 0 Å². The van der Waals surface area contributed by atoms with Gasteiger partial charge in [0.05, 0.1) is 6.61 Å². The molecule has 126 valence electrons. The van der Waals surface area contributed by atoms with Gasteiger partial charge in [-0.3, -0.25) is 4.79 Å². The van der Waals surface area contributed by atoms with Gasteiger partial charge in [-0.25, -0.2) is 0 Å². The summed E-state index contributed by atoms with van der Waals surface area (Å²) >= 11 is 0. The van der Waals surface area contributed by atoms with Gasteiger partial charge in [-0.05, 0) is 17.8 Å². The lowest BCUT2D eigenvalue weighted by Crippen LogP contribution is -2.56. The van der Waals surface area contributed by atoms with Crippen molar-refractivity contribution in [3.63, 3.8) is 0 Å². The maximum Gasteiger partial charge on any atom is 0.137 e. The lowest BCUT2D eigenvalue weighted by Gasteiger charge is -2.59. The summed E-state index contributed by atoms with van der Waals surface area (Å²) in [5, 5.41) is 20.8. The molecule has 0 spiro atoms. The first-order valence-corrected chi connectivity index (χ1v) is 8.06. The van der Waals surface area contributed by atoms with Crippen LogP contribution in [0, 0.1) is 17.3 Å². The predicted octanol–water partition coefficient (Wildman–Crippen LogP) is 2.84. The number of aromatic hydroxyl groups is 2. The van der Waals surface area contributed by atoms with Crippen molar-refractivity contribution in [1.82, 2.24) is 0 Å². The molecule has 1 unspecified atom stereocenters. The van der Waals surface area contributed by atoms with Gasteiger partial charge in [0, 0.05) is 43.1 Å². The zero-order chi connectivity index (χ0) is 16.8. The summed E-state index contributed by atoms with van der Waals surface area (Å²) < 4.78 is 10.3. The second-order valence-electron chi connectivity index (χ2n) is 7.21. The Labute approximate surface area is 136 Å². The van der Waals surface area contributed by atoms with Crippen LogP contribution in [0.25, 0.3) is 0 Å². The Morgan fingerprint density at radius 2 is 1.87 bits per heavy atom. The second-order valence-corrected chi connectivity index (χ2v) is 7.21. The first-order valence-electron chi connectivity index (χ1n) is 8.06. The molecule has 1 aromatic carbocycles. The summed E-state index contributed by atoms with van der Waals surface area (Å²) in [6, 6.07) is 3.01. The number of carbonyl (C=O) groups is 1. The maximum absolute atomic E-state index is 12.3. The van der Waals surface area contributed by atoms with Crippen LogP contribution in [0.5, 0.6) is 17.2 Å². The minimum absolute atomic E-state index is 0.00336. The Morgan fingerprint density at radius 1 is 1.22 bits per heavy atom. The highest BCUT2D eigenvalue weighted by atomic mass is 16.5. The van der Waals surface area contributed by atoms with Gasteiger partial charge in [0.2, 0.25) is 0 Å². The lowest BCUT2D eigenvalue weighted by atomic mass is 9.44. The van der Waals surface area contributed by atoms with E-state index in [9.17, 15) is 15.0 Å². The van der Waals surface area contributed by atoms with Gasteiger partial charge < -0.3 is 19.7 Å². The number of ether oxygens (including phenoxy) is 2. The third kappa shape index (κ3) is 2.57. The van der Waals surface area contributed by atoms with Crippen LogP contribution in [-0.2, 0) is 9.53 Å². The molecule has 1 aromatic rings. The van der Waals surface area contributed by atoms with E-state index in [-0.39, 0.29) is 34.5 Å². The molecule has 0 aliphatic heterocycles. The Bertz CT molecular complexity index is 599. The number of phenolic OH excluding ortho intramolecular Hbond substituents is 2. The molecule has 5 heteroatoms. The van der Waals surface area contributed by atoms with Gasteiger partial charge in [0.25, 0.3) is 0 Å². The largest absolute Gasteiger partial charge is 0.507 e. The number of methoxy groups -OCH3 is 1. The molecule has 4 rings (SSSR count). The van der Waals surface area contributed by atoms with Gasteiger partial charge >= 0.3 is 0 Å². The number of rotatable bonds is 5. The SMILES string of the molecule is COCCOc1cc(O)c([C@@H]2CC(=O)[C@H]3CC2C3(C)C)c(O)c1. The smallest absolute Gasteiger partial charge is 0.137 e. The molecule has 0 saturated heterocycles. The average molecular weight is 320 g/mol. The van der Waals surface area contributed by atoms with Crippen molar-refractivity contribution in [2.45, 2.75) is 32.6 Å². The Morgan fingerprint density at radius 3 is 2.39 bits per heavy atom. The molecule has 3 atom stereocenters. The minimum atomic E-state index is -0.129. The van der Waals surface area contributed by atoms with Crippen molar-refractivity contribution in [3.8, 4) is 17.2 Å². The third-order valence-electron chi connectivity index (χ3n) is 5.68. The van der Waals surface area contributed by atoms with Crippen molar-refractivity contribution in [1.29, 1.82) is 0 Å².